The molecule has 7 aromatic rings. The van der Waals surface area contributed by atoms with Crippen molar-refractivity contribution >= 4 is 24.0 Å². The third kappa shape index (κ3) is 8.77. The van der Waals surface area contributed by atoms with Gasteiger partial charge in [0.2, 0.25) is 12.2 Å². The van der Waals surface area contributed by atoms with Crippen molar-refractivity contribution in [1.82, 2.24) is 29.7 Å². The summed E-state index contributed by atoms with van der Waals surface area (Å²) in [4.78, 5) is 71.0. The first-order valence-electron chi connectivity index (χ1n) is 22.1. The first-order valence-corrected chi connectivity index (χ1v) is 22.1. The van der Waals surface area contributed by atoms with Crippen molar-refractivity contribution in [1.29, 1.82) is 0 Å². The van der Waals surface area contributed by atoms with E-state index >= 15 is 0 Å². The van der Waals surface area contributed by atoms with Crippen LogP contribution in [-0.2, 0) is 19.1 Å². The van der Waals surface area contributed by atoms with Gasteiger partial charge in [-0.1, -0.05) is 121 Å². The first kappa shape index (κ1) is 43.3. The number of aromatic nitrogens is 4. The zero-order valence-corrected chi connectivity index (χ0v) is 36.6. The van der Waals surface area contributed by atoms with Gasteiger partial charge in [-0.2, -0.15) is 0 Å². The van der Waals surface area contributed by atoms with Gasteiger partial charge in [0.25, 0.3) is 11.8 Å². The molecule has 14 heteroatoms. The molecule has 66 heavy (non-hydrogen) atoms. The lowest BCUT2D eigenvalue weighted by atomic mass is 9.91. The van der Waals surface area contributed by atoms with E-state index in [9.17, 15) is 19.2 Å². The number of hydrogen-bond donors (Lipinski definition) is 4. The Morgan fingerprint density at radius 1 is 0.545 bits per heavy atom. The number of nitrogens with zero attached hydrogens (tertiary/aromatic N) is 4. The molecule has 2 unspecified atom stereocenters. The van der Waals surface area contributed by atoms with Crippen molar-refractivity contribution < 1.29 is 28.7 Å². The van der Waals surface area contributed by atoms with Crippen LogP contribution in [0.2, 0.25) is 0 Å². The van der Waals surface area contributed by atoms with E-state index in [1.54, 1.807) is 64.5 Å². The second-order valence-electron chi connectivity index (χ2n) is 16.8. The molecule has 0 bridgehead atoms. The number of imidazole rings is 2. The van der Waals surface area contributed by atoms with E-state index in [0.717, 1.165) is 81.6 Å². The molecule has 5 aromatic carbocycles. The summed E-state index contributed by atoms with van der Waals surface area (Å²) in [6, 6.07) is 38.3. The number of carbonyl (C=O) groups excluding carboxylic acids is 4. The maximum atomic E-state index is 13.8. The Kier molecular flexibility index (Phi) is 12.2. The molecule has 6 N–H and O–H groups in total. The van der Waals surface area contributed by atoms with Gasteiger partial charge in [-0.05, 0) is 78.5 Å². The maximum absolute atomic E-state index is 13.8. The zero-order valence-electron chi connectivity index (χ0n) is 36.6. The van der Waals surface area contributed by atoms with Gasteiger partial charge in [-0.25, -0.2) is 19.6 Å². The van der Waals surface area contributed by atoms with Crippen LogP contribution in [0.25, 0.3) is 44.8 Å². The number of hydrogen-bond acceptors (Lipinski definition) is 8. The third-order valence-electron chi connectivity index (χ3n) is 12.8. The predicted molar refractivity (Wildman–Crippen MR) is 249 cm³/mol. The van der Waals surface area contributed by atoms with Crippen LogP contribution in [0, 0.1) is 13.8 Å². The van der Waals surface area contributed by atoms with Gasteiger partial charge in [0.05, 0.1) is 35.9 Å². The molecular formula is C52H50N8O6. The van der Waals surface area contributed by atoms with E-state index in [2.05, 4.69) is 89.5 Å². The topological polar surface area (TPSA) is 203 Å². The summed E-state index contributed by atoms with van der Waals surface area (Å²) in [5.74, 6) is 0.685. The van der Waals surface area contributed by atoms with Gasteiger partial charge in [0.15, 0.2) is 0 Å². The van der Waals surface area contributed by atoms with E-state index in [1.165, 1.54) is 0 Å². The number of likely N-dealkylation sites (tertiary alicyclic amines) is 2. The lowest BCUT2D eigenvalue weighted by molar-refractivity contribution is -0.142. The Morgan fingerprint density at radius 2 is 0.955 bits per heavy atom. The highest BCUT2D eigenvalue weighted by Crippen LogP contribution is 2.39. The lowest BCUT2D eigenvalue weighted by Crippen LogP contribution is -2.37. The van der Waals surface area contributed by atoms with Crippen LogP contribution in [0.5, 0.6) is 0 Å². The molecule has 0 radical (unpaired) electrons. The van der Waals surface area contributed by atoms with Crippen molar-refractivity contribution in [2.24, 2.45) is 11.5 Å². The predicted octanol–water partition coefficient (Wildman–Crippen LogP) is 9.42. The largest absolute Gasteiger partial charge is 0.431 e. The molecule has 4 amide bonds. The summed E-state index contributed by atoms with van der Waals surface area (Å²) >= 11 is 0. The van der Waals surface area contributed by atoms with Gasteiger partial charge in [0.1, 0.15) is 11.6 Å². The van der Waals surface area contributed by atoms with Crippen molar-refractivity contribution in [2.75, 3.05) is 13.1 Å². The molecule has 9 rings (SSSR count). The molecule has 4 atom stereocenters. The number of carbonyl (C=O) groups is 4. The number of amides is 4. The van der Waals surface area contributed by atoms with Gasteiger partial charge in [-0.15, -0.1) is 0 Å². The second-order valence-corrected chi connectivity index (χ2v) is 16.8. The molecule has 334 valence electrons. The summed E-state index contributed by atoms with van der Waals surface area (Å²) in [7, 11) is 0. The second kappa shape index (κ2) is 18.6. The fourth-order valence-electron chi connectivity index (χ4n) is 9.35. The number of benzene rings is 5. The highest BCUT2D eigenvalue weighted by molar-refractivity contribution is 5.86. The summed E-state index contributed by atoms with van der Waals surface area (Å²) < 4.78 is 10.6. The molecule has 2 aromatic heterocycles. The van der Waals surface area contributed by atoms with Gasteiger partial charge >= 0.3 is 12.2 Å². The number of nitrogens with one attached hydrogen (secondary N) is 2. The van der Waals surface area contributed by atoms with Crippen LogP contribution < -0.4 is 11.5 Å². The molecule has 2 fully saturated rings. The monoisotopic (exact) mass is 882 g/mol. The quantitative estimate of drug-likeness (QED) is 0.0929. The summed E-state index contributed by atoms with van der Waals surface area (Å²) in [6.45, 7) is 5.25. The Hall–Kier alpha value is -8.00. The van der Waals surface area contributed by atoms with E-state index < -0.39 is 24.4 Å². The molecule has 0 aliphatic carbocycles. The normalized spacial score (nSPS) is 16.8. The summed E-state index contributed by atoms with van der Waals surface area (Å²) in [5, 5.41) is 0. The van der Waals surface area contributed by atoms with Crippen LogP contribution in [0.3, 0.4) is 0 Å². The standard InChI is InChI=1S/C52H50N8O6/c1-31-32(2)40(42-30-56-48(58-42)44-16-10-28-60(44)50(62)46(66-52(54)64)38-13-7-4-8-14-38)26-25-39(31)35-21-17-33(18-22-35)34-19-23-36(24-20-34)41-29-55-47(57-41)43-15-9-27-59(43)49(61)45(65-51(53)63)37-11-5-3-6-12-37/h3-8,11-14,17-26,29-30,43-46H,9-10,15-16,27-28H2,1-2H3,(H2,53,63)(H2,54,64)(H,55,57)(H,56,58)/t43?,44?,45-,46-/m1/s1. The highest BCUT2D eigenvalue weighted by atomic mass is 16.6. The van der Waals surface area contributed by atoms with Crippen molar-refractivity contribution in [2.45, 2.75) is 63.8 Å². The molecule has 2 saturated heterocycles. The average Bonchev–Trinajstić information content (AvgIpc) is 4.19. The molecule has 4 heterocycles. The van der Waals surface area contributed by atoms with E-state index in [1.807, 2.05) is 18.3 Å². The Bertz CT molecular complexity index is 2880. The molecule has 0 spiro atoms. The average molecular weight is 883 g/mol. The van der Waals surface area contributed by atoms with Crippen LogP contribution in [0.1, 0.15) is 83.9 Å². The van der Waals surface area contributed by atoms with Gasteiger partial charge in [0, 0.05) is 29.8 Å². The SMILES string of the molecule is Cc1c(-c2ccc(-c3ccc(-c4cnc(C5CCCN5C(=O)[C@H](OC(N)=O)c5ccccc5)[nH]4)cc3)cc2)ccc(-c2cnc(C3CCCN3C(=O)[C@H](OC(N)=O)c3ccccc3)[nH]2)c1C. The van der Waals surface area contributed by atoms with E-state index in [0.29, 0.717) is 35.9 Å². The molecule has 2 aliphatic heterocycles. The molecule has 2 aliphatic rings. The minimum Gasteiger partial charge on any atom is -0.431 e. The van der Waals surface area contributed by atoms with E-state index in [4.69, 9.17) is 25.9 Å². The van der Waals surface area contributed by atoms with Crippen LogP contribution in [0.15, 0.2) is 134 Å². The summed E-state index contributed by atoms with van der Waals surface area (Å²) in [6.07, 6.45) is 2.32. The molecular weight excluding hydrogens is 833 g/mol. The zero-order chi connectivity index (χ0) is 45.9. The minimum absolute atomic E-state index is 0.298. The van der Waals surface area contributed by atoms with Crippen molar-refractivity contribution in [3.05, 3.63) is 168 Å². The van der Waals surface area contributed by atoms with Crippen molar-refractivity contribution in [3.8, 4) is 44.8 Å². The number of ether oxygens (including phenoxy) is 2. The number of nitrogens with two attached hydrogens (primary N) is 2. The number of H-pyrrole nitrogens is 2. The number of rotatable bonds is 12. The fourth-order valence-corrected chi connectivity index (χ4v) is 9.35. The summed E-state index contributed by atoms with van der Waals surface area (Å²) in [5.41, 5.74) is 22.2. The fraction of sp³-hybridized carbons (Fsp3) is 0.231. The lowest BCUT2D eigenvalue weighted by Gasteiger charge is -2.27. The van der Waals surface area contributed by atoms with Gasteiger partial charge < -0.3 is 40.7 Å². The highest BCUT2D eigenvalue weighted by Gasteiger charge is 2.39. The van der Waals surface area contributed by atoms with Crippen LogP contribution >= 0.6 is 0 Å². The maximum Gasteiger partial charge on any atom is 0.405 e. The van der Waals surface area contributed by atoms with Gasteiger partial charge in [-0.3, -0.25) is 9.59 Å². The van der Waals surface area contributed by atoms with Crippen LogP contribution in [0.4, 0.5) is 9.59 Å². The van der Waals surface area contributed by atoms with Crippen molar-refractivity contribution in [3.63, 3.8) is 0 Å². The number of aromatic amines is 2. The van der Waals surface area contributed by atoms with Crippen LogP contribution in [-0.4, -0.2) is 66.8 Å². The Labute approximate surface area is 382 Å². The minimum atomic E-state index is -1.14. The molecule has 0 saturated carbocycles. The first-order chi connectivity index (χ1) is 32.0. The Balaban J connectivity index is 0.866. The number of primary amides is 2. The third-order valence-corrected chi connectivity index (χ3v) is 12.8. The molecule has 14 nitrogen and oxygen atoms in total. The van der Waals surface area contributed by atoms with E-state index in [-0.39, 0.29) is 23.9 Å². The smallest absolute Gasteiger partial charge is 0.405 e. The Morgan fingerprint density at radius 3 is 1.44 bits per heavy atom.